The highest BCUT2D eigenvalue weighted by molar-refractivity contribution is 7.86. The van der Waals surface area contributed by atoms with Gasteiger partial charge in [0.2, 0.25) is 0 Å². The van der Waals surface area contributed by atoms with E-state index in [9.17, 15) is 13.2 Å². The van der Waals surface area contributed by atoms with E-state index in [-0.39, 0.29) is 24.2 Å². The first-order valence-electron chi connectivity index (χ1n) is 7.43. The maximum Gasteiger partial charge on any atom is 0.309 e. The number of esters is 1. The second kappa shape index (κ2) is 5.30. The third kappa shape index (κ3) is 2.72. The van der Waals surface area contributed by atoms with Gasteiger partial charge in [-0.25, -0.2) is 0 Å². The Bertz CT molecular complexity index is 456. The number of hydrogen-bond acceptors (Lipinski definition) is 5. The zero-order chi connectivity index (χ0) is 14.3. The van der Waals surface area contributed by atoms with Crippen LogP contribution in [0.2, 0.25) is 0 Å². The van der Waals surface area contributed by atoms with Gasteiger partial charge in [0.15, 0.2) is 0 Å². The van der Waals surface area contributed by atoms with Gasteiger partial charge < -0.3 is 4.74 Å². The van der Waals surface area contributed by atoms with Crippen molar-refractivity contribution in [3.63, 3.8) is 0 Å². The van der Waals surface area contributed by atoms with Gasteiger partial charge in [-0.2, -0.15) is 8.42 Å². The molecular formula is C14H22O5S. The predicted molar refractivity (Wildman–Crippen MR) is 72.3 cm³/mol. The summed E-state index contributed by atoms with van der Waals surface area (Å²) in [4.78, 5) is 12.2. The molecule has 0 aromatic heterocycles. The number of carbonyl (C=O) groups excluding carboxylic acids is 1. The van der Waals surface area contributed by atoms with E-state index >= 15 is 0 Å². The van der Waals surface area contributed by atoms with E-state index in [2.05, 4.69) is 4.18 Å². The molecule has 0 atom stereocenters. The molecule has 5 nitrogen and oxygen atoms in total. The van der Waals surface area contributed by atoms with Crippen molar-refractivity contribution in [2.45, 2.75) is 32.1 Å². The lowest BCUT2D eigenvalue weighted by molar-refractivity contribution is -0.161. The molecule has 0 aliphatic heterocycles. The van der Waals surface area contributed by atoms with Crippen molar-refractivity contribution >= 4 is 16.1 Å². The standard InChI is InChI=1S/C14H22O5S/c1-18-20(16,17)3-2-19-14(15)13-11-5-9-4-10(7-11)8-12(13)6-9/h9-13H,2-8H2,1H3. The maximum atomic E-state index is 12.2. The minimum atomic E-state index is -3.54. The first kappa shape index (κ1) is 14.3. The third-order valence-electron chi connectivity index (χ3n) is 5.33. The first-order valence-corrected chi connectivity index (χ1v) is 9.01. The average molecular weight is 302 g/mol. The second-order valence-corrected chi connectivity index (χ2v) is 8.41. The Kier molecular flexibility index (Phi) is 3.79. The smallest absolute Gasteiger partial charge is 0.309 e. The van der Waals surface area contributed by atoms with Crippen molar-refractivity contribution in [3.05, 3.63) is 0 Å². The molecule has 4 aliphatic rings. The van der Waals surface area contributed by atoms with Gasteiger partial charge in [-0.15, -0.1) is 0 Å². The fourth-order valence-corrected chi connectivity index (χ4v) is 5.19. The van der Waals surface area contributed by atoms with Crippen LogP contribution in [0.1, 0.15) is 32.1 Å². The molecule has 4 aliphatic carbocycles. The molecule has 114 valence electrons. The Morgan fingerprint density at radius 3 is 2.10 bits per heavy atom. The van der Waals surface area contributed by atoms with Crippen LogP contribution in [0.15, 0.2) is 0 Å². The molecule has 0 aromatic carbocycles. The van der Waals surface area contributed by atoms with E-state index in [0.717, 1.165) is 44.6 Å². The predicted octanol–water partition coefficient (Wildman–Crippen LogP) is 1.58. The number of ether oxygens (including phenoxy) is 1. The average Bonchev–Trinajstić information content (AvgIpc) is 2.37. The largest absolute Gasteiger partial charge is 0.464 e. The summed E-state index contributed by atoms with van der Waals surface area (Å²) in [6.45, 7) is -0.0994. The molecule has 0 amide bonds. The van der Waals surface area contributed by atoms with Crippen LogP contribution in [0.25, 0.3) is 0 Å². The summed E-state index contributed by atoms with van der Waals surface area (Å²) in [6.07, 6.45) is 5.97. The van der Waals surface area contributed by atoms with Crippen molar-refractivity contribution in [1.29, 1.82) is 0 Å². The molecule has 0 unspecified atom stereocenters. The van der Waals surface area contributed by atoms with E-state index in [0.29, 0.717) is 11.8 Å². The van der Waals surface area contributed by atoms with Crippen molar-refractivity contribution in [2.24, 2.45) is 29.6 Å². The molecule has 4 rings (SSSR count). The van der Waals surface area contributed by atoms with Crippen LogP contribution >= 0.6 is 0 Å². The molecule has 4 saturated carbocycles. The molecule has 0 spiro atoms. The van der Waals surface area contributed by atoms with E-state index in [1.807, 2.05) is 0 Å². The molecule has 0 N–H and O–H groups in total. The first-order chi connectivity index (χ1) is 9.48. The van der Waals surface area contributed by atoms with Gasteiger partial charge in [0.05, 0.1) is 13.0 Å². The Hall–Kier alpha value is -0.620. The summed E-state index contributed by atoms with van der Waals surface area (Å²) < 4.78 is 31.9. The Morgan fingerprint density at radius 1 is 1.05 bits per heavy atom. The van der Waals surface area contributed by atoms with Crippen LogP contribution in [-0.2, 0) is 23.8 Å². The van der Waals surface area contributed by atoms with E-state index in [4.69, 9.17) is 4.74 Å². The molecule has 4 bridgehead atoms. The van der Waals surface area contributed by atoms with Crippen molar-refractivity contribution < 1.29 is 22.1 Å². The normalized spacial score (nSPS) is 39.0. The number of rotatable bonds is 5. The highest BCUT2D eigenvalue weighted by Gasteiger charge is 2.51. The quantitative estimate of drug-likeness (QED) is 0.569. The lowest BCUT2D eigenvalue weighted by atomic mass is 9.52. The van der Waals surface area contributed by atoms with E-state index in [1.165, 1.54) is 6.42 Å². The summed E-state index contributed by atoms with van der Waals surface area (Å²) in [7, 11) is -2.42. The Labute approximate surface area is 120 Å². The summed E-state index contributed by atoms with van der Waals surface area (Å²) in [5.74, 6) is 2.13. The molecule has 4 fully saturated rings. The van der Waals surface area contributed by atoms with Crippen LogP contribution in [0, 0.1) is 29.6 Å². The van der Waals surface area contributed by atoms with Gasteiger partial charge in [0.1, 0.15) is 12.4 Å². The van der Waals surface area contributed by atoms with Crippen LogP contribution in [0.4, 0.5) is 0 Å². The summed E-state index contributed by atoms with van der Waals surface area (Å²) in [6, 6.07) is 0. The molecule has 0 saturated heterocycles. The van der Waals surface area contributed by atoms with E-state index in [1.54, 1.807) is 0 Å². The lowest BCUT2D eigenvalue weighted by Gasteiger charge is -2.53. The van der Waals surface area contributed by atoms with Crippen LogP contribution in [-0.4, -0.2) is 33.9 Å². The maximum absolute atomic E-state index is 12.2. The van der Waals surface area contributed by atoms with Gasteiger partial charge in [-0.3, -0.25) is 8.98 Å². The van der Waals surface area contributed by atoms with Gasteiger partial charge in [0, 0.05) is 0 Å². The summed E-state index contributed by atoms with van der Waals surface area (Å²) >= 11 is 0. The molecule has 0 radical (unpaired) electrons. The lowest BCUT2D eigenvalue weighted by Crippen LogP contribution is -2.48. The minimum absolute atomic E-state index is 0.00745. The fourth-order valence-electron chi connectivity index (χ4n) is 4.73. The Morgan fingerprint density at radius 2 is 1.60 bits per heavy atom. The van der Waals surface area contributed by atoms with Crippen molar-refractivity contribution in [2.75, 3.05) is 19.5 Å². The minimum Gasteiger partial charge on any atom is -0.464 e. The van der Waals surface area contributed by atoms with Gasteiger partial charge in [-0.1, -0.05) is 0 Å². The van der Waals surface area contributed by atoms with E-state index < -0.39 is 10.1 Å². The highest BCUT2D eigenvalue weighted by atomic mass is 32.2. The molecular weight excluding hydrogens is 280 g/mol. The van der Waals surface area contributed by atoms with Gasteiger partial charge in [0.25, 0.3) is 10.1 Å². The Balaban J connectivity index is 1.55. The second-order valence-electron chi connectivity index (χ2n) is 6.55. The van der Waals surface area contributed by atoms with Crippen molar-refractivity contribution in [1.82, 2.24) is 0 Å². The number of carbonyl (C=O) groups is 1. The van der Waals surface area contributed by atoms with Gasteiger partial charge in [-0.05, 0) is 55.8 Å². The monoisotopic (exact) mass is 302 g/mol. The molecule has 0 aromatic rings. The molecule has 20 heavy (non-hydrogen) atoms. The zero-order valence-corrected chi connectivity index (χ0v) is 12.6. The summed E-state index contributed by atoms with van der Waals surface area (Å²) in [5.41, 5.74) is 0. The fraction of sp³-hybridized carbons (Fsp3) is 0.929. The third-order valence-corrected chi connectivity index (χ3v) is 6.51. The van der Waals surface area contributed by atoms with Crippen LogP contribution in [0.5, 0.6) is 0 Å². The van der Waals surface area contributed by atoms with Gasteiger partial charge >= 0.3 is 5.97 Å². The topological polar surface area (TPSA) is 69.7 Å². The summed E-state index contributed by atoms with van der Waals surface area (Å²) in [5, 5.41) is 0. The molecule has 6 heteroatoms. The molecule has 0 heterocycles. The number of hydrogen-bond donors (Lipinski definition) is 0. The van der Waals surface area contributed by atoms with Crippen LogP contribution in [0.3, 0.4) is 0 Å². The van der Waals surface area contributed by atoms with Crippen LogP contribution < -0.4 is 0 Å². The van der Waals surface area contributed by atoms with Crippen molar-refractivity contribution in [3.8, 4) is 0 Å². The highest BCUT2D eigenvalue weighted by Crippen LogP contribution is 2.56. The SMILES string of the molecule is COS(=O)(=O)CCOC(=O)C1C2CC3CC(C2)CC1C3. The zero-order valence-electron chi connectivity index (χ0n) is 11.8.